The zero-order valence-corrected chi connectivity index (χ0v) is 18.6. The molecular formula is C25H33FN2O3. The number of rotatable bonds is 8. The molecule has 0 aromatic heterocycles. The molecule has 3 rings (SSSR count). The molecule has 5 nitrogen and oxygen atoms in total. The average Bonchev–Trinajstić information content (AvgIpc) is 2.78. The normalized spacial score (nSPS) is 19.8. The third-order valence-electron chi connectivity index (χ3n) is 6.37. The number of hydrogen-bond donors (Lipinski definition) is 1. The Morgan fingerprint density at radius 2 is 1.84 bits per heavy atom. The number of aliphatic hydroxyl groups is 1. The van der Waals surface area contributed by atoms with Gasteiger partial charge in [0, 0.05) is 19.6 Å². The second-order valence-electron chi connectivity index (χ2n) is 8.45. The minimum absolute atomic E-state index is 0.0193. The summed E-state index contributed by atoms with van der Waals surface area (Å²) in [5.74, 6) is 0.532. The molecule has 1 aliphatic carbocycles. The molecule has 1 saturated carbocycles. The van der Waals surface area contributed by atoms with Crippen LogP contribution in [0.15, 0.2) is 48.5 Å². The van der Waals surface area contributed by atoms with Crippen LogP contribution in [0.4, 0.5) is 4.39 Å². The lowest BCUT2D eigenvalue weighted by molar-refractivity contribution is -0.134. The number of methoxy groups -OCH3 is 1. The molecule has 2 aromatic rings. The molecule has 0 saturated heterocycles. The van der Waals surface area contributed by atoms with Gasteiger partial charge in [0.05, 0.1) is 25.8 Å². The molecule has 1 atom stereocenters. The van der Waals surface area contributed by atoms with Crippen LogP contribution in [0.2, 0.25) is 0 Å². The molecule has 0 aliphatic heterocycles. The Balaban J connectivity index is 1.73. The molecule has 0 heterocycles. The molecule has 0 radical (unpaired) electrons. The Hall–Kier alpha value is -2.44. The SMILES string of the molecule is COc1cccc(CN(CC(=O)N(C)C(C)c2ccc(F)cc2)C2CCC(O)CC2)c1. The summed E-state index contributed by atoms with van der Waals surface area (Å²) in [6, 6.07) is 14.3. The summed E-state index contributed by atoms with van der Waals surface area (Å²) >= 11 is 0. The number of aliphatic hydroxyl groups excluding tert-OH is 1. The number of hydrogen-bond acceptors (Lipinski definition) is 4. The highest BCUT2D eigenvalue weighted by Gasteiger charge is 2.28. The van der Waals surface area contributed by atoms with E-state index in [1.54, 1.807) is 31.2 Å². The fourth-order valence-electron chi connectivity index (χ4n) is 4.21. The zero-order chi connectivity index (χ0) is 22.4. The summed E-state index contributed by atoms with van der Waals surface area (Å²) in [6.07, 6.45) is 3.02. The molecule has 31 heavy (non-hydrogen) atoms. The first-order valence-electron chi connectivity index (χ1n) is 10.9. The van der Waals surface area contributed by atoms with Gasteiger partial charge in [0.2, 0.25) is 5.91 Å². The lowest BCUT2D eigenvalue weighted by atomic mass is 9.91. The lowest BCUT2D eigenvalue weighted by Crippen LogP contribution is -2.45. The van der Waals surface area contributed by atoms with E-state index in [1.807, 2.05) is 31.2 Å². The predicted octanol–water partition coefficient (Wildman–Crippen LogP) is 4.16. The Morgan fingerprint density at radius 3 is 2.48 bits per heavy atom. The lowest BCUT2D eigenvalue weighted by Gasteiger charge is -2.37. The molecular weight excluding hydrogens is 395 g/mol. The third kappa shape index (κ3) is 6.28. The van der Waals surface area contributed by atoms with Gasteiger partial charge in [-0.3, -0.25) is 9.69 Å². The molecule has 1 N–H and O–H groups in total. The monoisotopic (exact) mass is 428 g/mol. The summed E-state index contributed by atoms with van der Waals surface area (Å²) in [5, 5.41) is 9.92. The van der Waals surface area contributed by atoms with Crippen molar-refractivity contribution in [3.05, 3.63) is 65.5 Å². The molecule has 0 spiro atoms. The Morgan fingerprint density at radius 1 is 1.16 bits per heavy atom. The summed E-state index contributed by atoms with van der Waals surface area (Å²) < 4.78 is 18.6. The van der Waals surface area contributed by atoms with Crippen molar-refractivity contribution in [1.29, 1.82) is 0 Å². The largest absolute Gasteiger partial charge is 0.497 e. The first-order valence-corrected chi connectivity index (χ1v) is 10.9. The maximum absolute atomic E-state index is 13.3. The van der Waals surface area contributed by atoms with Crippen LogP contribution in [0.5, 0.6) is 5.75 Å². The van der Waals surface area contributed by atoms with Crippen LogP contribution in [0.1, 0.15) is 49.8 Å². The van der Waals surface area contributed by atoms with Gasteiger partial charge in [0.1, 0.15) is 11.6 Å². The maximum atomic E-state index is 13.3. The van der Waals surface area contributed by atoms with Gasteiger partial charge < -0.3 is 14.7 Å². The number of amides is 1. The summed E-state index contributed by atoms with van der Waals surface area (Å²) in [6.45, 7) is 2.89. The van der Waals surface area contributed by atoms with Crippen molar-refractivity contribution in [2.45, 2.75) is 57.3 Å². The second kappa shape index (κ2) is 10.7. The number of nitrogens with zero attached hydrogens (tertiary/aromatic N) is 2. The van der Waals surface area contributed by atoms with Gasteiger partial charge in [-0.25, -0.2) is 4.39 Å². The maximum Gasteiger partial charge on any atom is 0.237 e. The van der Waals surface area contributed by atoms with Gasteiger partial charge in [-0.2, -0.15) is 0 Å². The highest BCUT2D eigenvalue weighted by Crippen LogP contribution is 2.26. The number of ether oxygens (including phenoxy) is 1. The van der Waals surface area contributed by atoms with Crippen molar-refractivity contribution in [3.8, 4) is 5.75 Å². The highest BCUT2D eigenvalue weighted by molar-refractivity contribution is 5.78. The number of benzene rings is 2. The van der Waals surface area contributed by atoms with Crippen LogP contribution in [0.25, 0.3) is 0 Å². The Bertz CT molecular complexity index is 850. The fourth-order valence-corrected chi connectivity index (χ4v) is 4.21. The number of halogens is 1. The molecule has 1 unspecified atom stereocenters. The van der Waals surface area contributed by atoms with E-state index in [4.69, 9.17) is 4.74 Å². The van der Waals surface area contributed by atoms with E-state index in [1.165, 1.54) is 12.1 Å². The first kappa shape index (κ1) is 23.2. The third-order valence-corrected chi connectivity index (χ3v) is 6.37. The van der Waals surface area contributed by atoms with Gasteiger partial charge in [0.25, 0.3) is 0 Å². The molecule has 6 heteroatoms. The highest BCUT2D eigenvalue weighted by atomic mass is 19.1. The van der Waals surface area contributed by atoms with Gasteiger partial charge in [0.15, 0.2) is 0 Å². The van der Waals surface area contributed by atoms with Crippen LogP contribution in [0.3, 0.4) is 0 Å². The van der Waals surface area contributed by atoms with E-state index in [0.717, 1.165) is 42.6 Å². The summed E-state index contributed by atoms with van der Waals surface area (Å²) in [4.78, 5) is 17.1. The standard InChI is InChI=1S/C25H33FN2O3/c1-18(20-7-9-21(26)10-8-20)27(2)25(30)17-28(22-11-13-23(29)14-12-22)16-19-5-4-6-24(15-19)31-3/h4-10,15,18,22-23,29H,11-14,16-17H2,1-3H3. The molecule has 168 valence electrons. The van der Waals surface area contributed by atoms with E-state index in [2.05, 4.69) is 4.90 Å². The van der Waals surface area contributed by atoms with Crippen molar-refractivity contribution < 1.29 is 19.0 Å². The predicted molar refractivity (Wildman–Crippen MR) is 119 cm³/mol. The smallest absolute Gasteiger partial charge is 0.237 e. The molecule has 1 aliphatic rings. The van der Waals surface area contributed by atoms with Gasteiger partial charge in [-0.1, -0.05) is 24.3 Å². The quantitative estimate of drug-likeness (QED) is 0.686. The van der Waals surface area contributed by atoms with Crippen molar-refractivity contribution in [2.75, 3.05) is 20.7 Å². The van der Waals surface area contributed by atoms with Crippen molar-refractivity contribution in [3.63, 3.8) is 0 Å². The number of carbonyl (C=O) groups is 1. The summed E-state index contributed by atoms with van der Waals surface area (Å²) in [5.41, 5.74) is 1.99. The van der Waals surface area contributed by atoms with Crippen LogP contribution in [-0.4, -0.2) is 53.7 Å². The van der Waals surface area contributed by atoms with Crippen LogP contribution in [-0.2, 0) is 11.3 Å². The van der Waals surface area contributed by atoms with E-state index in [0.29, 0.717) is 13.1 Å². The number of carbonyl (C=O) groups excluding carboxylic acids is 1. The van der Waals surface area contributed by atoms with Crippen LogP contribution in [0, 0.1) is 5.82 Å². The summed E-state index contributed by atoms with van der Waals surface area (Å²) in [7, 11) is 3.44. The topological polar surface area (TPSA) is 53.0 Å². The van der Waals surface area contributed by atoms with E-state index < -0.39 is 0 Å². The molecule has 1 amide bonds. The minimum atomic E-state index is -0.283. The van der Waals surface area contributed by atoms with E-state index in [9.17, 15) is 14.3 Å². The minimum Gasteiger partial charge on any atom is -0.497 e. The molecule has 2 aromatic carbocycles. The second-order valence-corrected chi connectivity index (χ2v) is 8.45. The molecule has 1 fully saturated rings. The van der Waals surface area contributed by atoms with Crippen LogP contribution >= 0.6 is 0 Å². The Labute approximate surface area is 184 Å². The fraction of sp³-hybridized carbons (Fsp3) is 0.480. The van der Waals surface area contributed by atoms with Crippen molar-refractivity contribution in [2.24, 2.45) is 0 Å². The number of likely N-dealkylation sites (N-methyl/N-ethyl adjacent to an activating group) is 1. The van der Waals surface area contributed by atoms with Gasteiger partial charge in [-0.05, 0) is 68.0 Å². The van der Waals surface area contributed by atoms with Crippen molar-refractivity contribution in [1.82, 2.24) is 9.80 Å². The van der Waals surface area contributed by atoms with Crippen molar-refractivity contribution >= 4 is 5.91 Å². The van der Waals surface area contributed by atoms with Gasteiger partial charge in [-0.15, -0.1) is 0 Å². The van der Waals surface area contributed by atoms with E-state index >= 15 is 0 Å². The van der Waals surface area contributed by atoms with E-state index in [-0.39, 0.29) is 29.9 Å². The zero-order valence-electron chi connectivity index (χ0n) is 18.6. The van der Waals surface area contributed by atoms with Crippen LogP contribution < -0.4 is 4.74 Å². The Kier molecular flexibility index (Phi) is 8.04. The van der Waals surface area contributed by atoms with Gasteiger partial charge >= 0.3 is 0 Å². The molecule has 0 bridgehead atoms. The average molecular weight is 429 g/mol. The first-order chi connectivity index (χ1) is 14.9.